The Balaban J connectivity index is 2.53. The summed E-state index contributed by atoms with van der Waals surface area (Å²) < 4.78 is 17.8. The minimum Gasteiger partial charge on any atom is -0.387 e. The number of alkyl halides is 2. The van der Waals surface area contributed by atoms with Crippen molar-refractivity contribution in [3.05, 3.63) is 0 Å². The van der Waals surface area contributed by atoms with Gasteiger partial charge in [-0.1, -0.05) is 15.9 Å². The van der Waals surface area contributed by atoms with E-state index in [0.29, 0.717) is 5.33 Å². The molecule has 1 N–H and O–H groups in total. The number of halogens is 2. The molecule has 1 fully saturated rings. The zero-order valence-electron chi connectivity index (χ0n) is 5.63. The fourth-order valence-corrected chi connectivity index (χ4v) is 1.58. The van der Waals surface area contributed by atoms with E-state index in [1.807, 2.05) is 0 Å². The predicted octanol–water partition coefficient (Wildman–Crippen LogP) is 0.868. The molecule has 0 aromatic rings. The van der Waals surface area contributed by atoms with Crippen LogP contribution in [0.4, 0.5) is 4.39 Å². The van der Waals surface area contributed by atoms with Crippen molar-refractivity contribution in [2.75, 3.05) is 5.33 Å². The Morgan fingerprint density at radius 2 is 2.30 bits per heavy atom. The molecule has 1 unspecified atom stereocenters. The van der Waals surface area contributed by atoms with Crippen LogP contribution in [0.15, 0.2) is 0 Å². The Morgan fingerprint density at radius 1 is 1.70 bits per heavy atom. The van der Waals surface area contributed by atoms with Crippen LogP contribution in [0.25, 0.3) is 0 Å². The molecule has 0 aromatic carbocycles. The average molecular weight is 213 g/mol. The van der Waals surface area contributed by atoms with E-state index in [0.717, 1.165) is 0 Å². The summed E-state index contributed by atoms with van der Waals surface area (Å²) in [6, 6.07) is 0. The Labute approximate surface area is 67.5 Å². The quantitative estimate of drug-likeness (QED) is 0.655. The largest absolute Gasteiger partial charge is 0.387 e. The summed E-state index contributed by atoms with van der Waals surface area (Å²) in [5.41, 5.74) is 0. The first-order valence-electron chi connectivity index (χ1n) is 3.20. The number of aliphatic hydroxyl groups excluding tert-OH is 1. The fourth-order valence-electron chi connectivity index (χ4n) is 1.04. The van der Waals surface area contributed by atoms with Crippen LogP contribution in [0.5, 0.6) is 0 Å². The van der Waals surface area contributed by atoms with Gasteiger partial charge in [0, 0.05) is 5.33 Å². The van der Waals surface area contributed by atoms with Crippen LogP contribution in [0.3, 0.4) is 0 Å². The van der Waals surface area contributed by atoms with Gasteiger partial charge in [-0.25, -0.2) is 4.39 Å². The van der Waals surface area contributed by atoms with Crippen molar-refractivity contribution in [3.63, 3.8) is 0 Å². The van der Waals surface area contributed by atoms with Crippen molar-refractivity contribution in [3.8, 4) is 0 Å². The minimum absolute atomic E-state index is 0.384. The summed E-state index contributed by atoms with van der Waals surface area (Å²) in [7, 11) is 0. The molecule has 0 aromatic heterocycles. The molecule has 1 saturated heterocycles. The SMILES string of the molecule is C[C@@H]1OC(CBr)[C@@H](O)[C@H]1F. The van der Waals surface area contributed by atoms with Gasteiger partial charge in [0.25, 0.3) is 0 Å². The summed E-state index contributed by atoms with van der Waals surface area (Å²) in [5.74, 6) is 0. The molecule has 1 heterocycles. The summed E-state index contributed by atoms with van der Waals surface area (Å²) >= 11 is 3.12. The van der Waals surface area contributed by atoms with E-state index in [2.05, 4.69) is 15.9 Å². The topological polar surface area (TPSA) is 29.5 Å². The van der Waals surface area contributed by atoms with Gasteiger partial charge in [0.05, 0.1) is 12.2 Å². The molecular formula is C6H10BrFO2. The number of ether oxygens (including phenoxy) is 1. The normalized spacial score (nSPS) is 48.0. The highest BCUT2D eigenvalue weighted by Crippen LogP contribution is 2.24. The predicted molar refractivity (Wildman–Crippen MR) is 39.0 cm³/mol. The second-order valence-corrected chi connectivity index (χ2v) is 3.12. The minimum atomic E-state index is -1.23. The lowest BCUT2D eigenvalue weighted by atomic mass is 10.1. The molecule has 10 heavy (non-hydrogen) atoms. The maximum atomic E-state index is 12.8. The molecule has 0 spiro atoms. The molecule has 4 atom stereocenters. The molecule has 0 radical (unpaired) electrons. The number of hydrogen-bond donors (Lipinski definition) is 1. The van der Waals surface area contributed by atoms with Gasteiger partial charge < -0.3 is 9.84 Å². The number of rotatable bonds is 1. The molecule has 1 rings (SSSR count). The van der Waals surface area contributed by atoms with Crippen molar-refractivity contribution < 1.29 is 14.2 Å². The second-order valence-electron chi connectivity index (χ2n) is 2.47. The molecule has 1 aliphatic rings. The number of hydrogen-bond acceptors (Lipinski definition) is 2. The maximum absolute atomic E-state index is 12.8. The highest BCUT2D eigenvalue weighted by molar-refractivity contribution is 9.09. The molecule has 0 aliphatic carbocycles. The van der Waals surface area contributed by atoms with Crippen LogP contribution >= 0.6 is 15.9 Å². The van der Waals surface area contributed by atoms with Gasteiger partial charge in [-0.2, -0.15) is 0 Å². The molecule has 2 nitrogen and oxygen atoms in total. The van der Waals surface area contributed by atoms with Gasteiger partial charge in [-0.15, -0.1) is 0 Å². The van der Waals surface area contributed by atoms with Gasteiger partial charge in [0.15, 0.2) is 6.17 Å². The Hall–Kier alpha value is 0.330. The van der Waals surface area contributed by atoms with Gasteiger partial charge >= 0.3 is 0 Å². The molecule has 60 valence electrons. The van der Waals surface area contributed by atoms with Crippen molar-refractivity contribution in [1.82, 2.24) is 0 Å². The van der Waals surface area contributed by atoms with E-state index >= 15 is 0 Å². The van der Waals surface area contributed by atoms with Crippen LogP contribution in [0, 0.1) is 0 Å². The van der Waals surface area contributed by atoms with Crippen LogP contribution in [-0.4, -0.2) is 34.9 Å². The summed E-state index contributed by atoms with van der Waals surface area (Å²) in [4.78, 5) is 0. The maximum Gasteiger partial charge on any atom is 0.154 e. The first kappa shape index (κ1) is 8.43. The summed E-state index contributed by atoms with van der Waals surface area (Å²) in [6.07, 6.45) is -3.06. The second kappa shape index (κ2) is 3.15. The zero-order chi connectivity index (χ0) is 7.72. The van der Waals surface area contributed by atoms with Gasteiger partial charge in [0.1, 0.15) is 6.10 Å². The third-order valence-corrected chi connectivity index (χ3v) is 2.34. The van der Waals surface area contributed by atoms with Gasteiger partial charge in [-0.05, 0) is 6.92 Å². The smallest absolute Gasteiger partial charge is 0.154 e. The highest BCUT2D eigenvalue weighted by Gasteiger charge is 2.40. The Morgan fingerprint density at radius 3 is 2.50 bits per heavy atom. The van der Waals surface area contributed by atoms with E-state index in [1.165, 1.54) is 0 Å². The van der Waals surface area contributed by atoms with Crippen molar-refractivity contribution >= 4 is 15.9 Å². The standard InChI is InChI=1S/C6H10BrFO2/c1-3-5(8)6(9)4(2-7)10-3/h3-6,9H,2H2,1H3/t3-,4?,5-,6+/m0/s1. The van der Waals surface area contributed by atoms with Crippen LogP contribution in [0.2, 0.25) is 0 Å². The monoisotopic (exact) mass is 212 g/mol. The third kappa shape index (κ3) is 1.33. The van der Waals surface area contributed by atoms with Crippen molar-refractivity contribution in [1.29, 1.82) is 0 Å². The molecule has 4 heteroatoms. The van der Waals surface area contributed by atoms with Crippen LogP contribution in [-0.2, 0) is 4.74 Å². The van der Waals surface area contributed by atoms with E-state index in [-0.39, 0.29) is 6.10 Å². The lowest BCUT2D eigenvalue weighted by Gasteiger charge is -2.08. The van der Waals surface area contributed by atoms with Gasteiger partial charge in [0.2, 0.25) is 0 Å². The number of aliphatic hydroxyl groups is 1. The fraction of sp³-hybridized carbons (Fsp3) is 1.00. The van der Waals surface area contributed by atoms with Gasteiger partial charge in [-0.3, -0.25) is 0 Å². The molecule has 0 amide bonds. The lowest BCUT2D eigenvalue weighted by molar-refractivity contribution is 0.0324. The van der Waals surface area contributed by atoms with Crippen molar-refractivity contribution in [2.24, 2.45) is 0 Å². The van der Waals surface area contributed by atoms with Crippen molar-refractivity contribution in [2.45, 2.75) is 31.4 Å². The molecule has 0 saturated carbocycles. The Kier molecular flexibility index (Phi) is 2.66. The molecular weight excluding hydrogens is 203 g/mol. The zero-order valence-corrected chi connectivity index (χ0v) is 7.21. The average Bonchev–Trinajstić information content (AvgIpc) is 2.17. The summed E-state index contributed by atoms with van der Waals surface area (Å²) in [6.45, 7) is 1.62. The third-order valence-electron chi connectivity index (χ3n) is 1.70. The van der Waals surface area contributed by atoms with E-state index in [9.17, 15) is 4.39 Å². The highest BCUT2D eigenvalue weighted by atomic mass is 79.9. The van der Waals surface area contributed by atoms with E-state index in [1.54, 1.807) is 6.92 Å². The van der Waals surface area contributed by atoms with Crippen LogP contribution in [0.1, 0.15) is 6.92 Å². The Bertz CT molecular complexity index is 122. The molecule has 1 aliphatic heterocycles. The van der Waals surface area contributed by atoms with E-state index < -0.39 is 18.4 Å². The lowest BCUT2D eigenvalue weighted by Crippen LogP contribution is -2.29. The first-order chi connectivity index (χ1) is 4.66. The van der Waals surface area contributed by atoms with E-state index in [4.69, 9.17) is 9.84 Å². The molecule has 0 bridgehead atoms. The summed E-state index contributed by atoms with van der Waals surface area (Å²) in [5, 5.41) is 9.58. The van der Waals surface area contributed by atoms with Crippen LogP contribution < -0.4 is 0 Å². The first-order valence-corrected chi connectivity index (χ1v) is 4.32.